The first kappa shape index (κ1) is 28.2. The van der Waals surface area contributed by atoms with Crippen molar-refractivity contribution in [2.75, 3.05) is 12.4 Å². The minimum Gasteiger partial charge on any atom is -0.465 e. The molecular weight excluding hydrogens is 584 g/mol. The van der Waals surface area contributed by atoms with Gasteiger partial charge in [0.2, 0.25) is 0 Å². The normalized spacial score (nSPS) is 14.2. The highest BCUT2D eigenvalue weighted by Gasteiger charge is 2.37. The Morgan fingerprint density at radius 2 is 1.56 bits per heavy atom. The lowest BCUT2D eigenvalue weighted by molar-refractivity contribution is 0.0600. The molecule has 1 N–H and O–H groups in total. The smallest absolute Gasteiger partial charge is 0.337 e. The van der Waals surface area contributed by atoms with Crippen LogP contribution in [0.15, 0.2) is 119 Å². The summed E-state index contributed by atoms with van der Waals surface area (Å²) in [6, 6.07) is 34.6. The number of anilines is 1. The van der Waals surface area contributed by atoms with Crippen molar-refractivity contribution in [1.82, 2.24) is 14.1 Å². The number of hydrogen-bond donors (Lipinski definition) is 1. The van der Waals surface area contributed by atoms with Gasteiger partial charge < -0.3 is 10.1 Å². The molecule has 0 amide bonds. The minimum absolute atomic E-state index is 0.260. The number of ether oxygens (including phenoxy) is 1. The van der Waals surface area contributed by atoms with E-state index in [1.165, 1.54) is 18.7 Å². The Bertz CT molecular complexity index is 2180. The molecule has 0 saturated carbocycles. The summed E-state index contributed by atoms with van der Waals surface area (Å²) in [7, 11) is 2.85. The first-order valence-electron chi connectivity index (χ1n) is 14.4. The van der Waals surface area contributed by atoms with Crippen LogP contribution in [0.1, 0.15) is 43.5 Å². The van der Waals surface area contributed by atoms with E-state index >= 15 is 0 Å². The number of methoxy groups -OCH3 is 1. The number of carbonyl (C=O) groups is 1. The lowest BCUT2D eigenvalue weighted by Gasteiger charge is -2.33. The number of allylic oxidation sites excluding steroid dienone is 1. The van der Waals surface area contributed by atoms with Crippen LogP contribution in [0.3, 0.4) is 0 Å². The number of aromatic nitrogens is 3. The molecule has 2 aromatic heterocycles. The molecule has 8 nitrogen and oxygen atoms in total. The fourth-order valence-corrected chi connectivity index (χ4v) is 6.93. The number of hydrogen-bond acceptors (Lipinski definition) is 7. The lowest BCUT2D eigenvalue weighted by Crippen LogP contribution is -2.43. The minimum atomic E-state index is -0.620. The first-order valence-corrected chi connectivity index (χ1v) is 15.2. The van der Waals surface area contributed by atoms with Crippen LogP contribution < -0.4 is 16.6 Å². The van der Waals surface area contributed by atoms with E-state index in [4.69, 9.17) is 9.72 Å². The van der Waals surface area contributed by atoms with Crippen LogP contribution in [0.2, 0.25) is 0 Å². The van der Waals surface area contributed by atoms with Gasteiger partial charge in [-0.3, -0.25) is 13.9 Å². The summed E-state index contributed by atoms with van der Waals surface area (Å²) in [5.41, 5.74) is 4.97. The Labute approximate surface area is 262 Å². The molecule has 6 aromatic rings. The molecule has 9 heteroatoms. The predicted octanol–water partition coefficient (Wildman–Crippen LogP) is 6.12. The molecule has 222 valence electrons. The molecule has 45 heavy (non-hydrogen) atoms. The van der Waals surface area contributed by atoms with Gasteiger partial charge in [0.25, 0.3) is 5.56 Å². The fourth-order valence-electron chi connectivity index (χ4n) is 5.89. The van der Waals surface area contributed by atoms with Crippen molar-refractivity contribution < 1.29 is 9.53 Å². The summed E-state index contributed by atoms with van der Waals surface area (Å²) in [5, 5.41) is 4.31. The van der Waals surface area contributed by atoms with Crippen molar-refractivity contribution in [3.05, 3.63) is 163 Å². The fraction of sp³-hybridized carbons (Fsp3) is 0.111. The van der Waals surface area contributed by atoms with Crippen LogP contribution in [-0.4, -0.2) is 27.2 Å². The maximum atomic E-state index is 14.2. The monoisotopic (exact) mass is 612 g/mol. The molecule has 0 bridgehead atoms. The van der Waals surface area contributed by atoms with E-state index in [9.17, 15) is 14.4 Å². The van der Waals surface area contributed by atoms with E-state index < -0.39 is 23.1 Å². The number of nitrogens with zero attached hydrogens (tertiary/aromatic N) is 3. The third-order valence-corrected chi connectivity index (χ3v) is 9.17. The second-order valence-electron chi connectivity index (χ2n) is 10.8. The first-order chi connectivity index (χ1) is 21.9. The molecule has 0 radical (unpaired) electrons. The molecule has 0 fully saturated rings. The van der Waals surface area contributed by atoms with Crippen LogP contribution in [0.5, 0.6) is 0 Å². The van der Waals surface area contributed by atoms with Gasteiger partial charge in [-0.2, -0.15) is 0 Å². The summed E-state index contributed by atoms with van der Waals surface area (Å²) >= 11 is 1.55. The van der Waals surface area contributed by atoms with Crippen LogP contribution in [0, 0.1) is 0 Å². The Balaban J connectivity index is 1.57. The summed E-state index contributed by atoms with van der Waals surface area (Å²) < 4.78 is 8.75. The molecule has 1 aliphatic heterocycles. The van der Waals surface area contributed by atoms with E-state index in [0.717, 1.165) is 43.2 Å². The van der Waals surface area contributed by atoms with Gasteiger partial charge >= 0.3 is 11.7 Å². The second kappa shape index (κ2) is 11.5. The number of rotatable bonds is 6. The number of carbonyl (C=O) groups excluding carboxylic acids is 1. The van der Waals surface area contributed by atoms with Gasteiger partial charge in [-0.25, -0.2) is 14.6 Å². The van der Waals surface area contributed by atoms with Gasteiger partial charge in [-0.1, -0.05) is 84.9 Å². The third kappa shape index (κ3) is 4.97. The maximum Gasteiger partial charge on any atom is 0.337 e. The van der Waals surface area contributed by atoms with E-state index in [0.29, 0.717) is 16.9 Å². The van der Waals surface area contributed by atoms with Crippen molar-refractivity contribution in [3.8, 4) is 0 Å². The van der Waals surface area contributed by atoms with Gasteiger partial charge in [0, 0.05) is 18.5 Å². The van der Waals surface area contributed by atoms with Crippen LogP contribution >= 0.6 is 11.3 Å². The lowest BCUT2D eigenvalue weighted by atomic mass is 9.80. The van der Waals surface area contributed by atoms with Gasteiger partial charge in [0.15, 0.2) is 0 Å². The zero-order valence-corrected chi connectivity index (χ0v) is 25.4. The summed E-state index contributed by atoms with van der Waals surface area (Å²) in [5.74, 6) is -0.644. The Kier molecular flexibility index (Phi) is 7.23. The van der Waals surface area contributed by atoms with Crippen molar-refractivity contribution in [2.45, 2.75) is 12.5 Å². The third-order valence-electron chi connectivity index (χ3n) is 8.10. The predicted molar refractivity (Wildman–Crippen MR) is 178 cm³/mol. The highest BCUT2D eigenvalue weighted by Crippen LogP contribution is 2.48. The van der Waals surface area contributed by atoms with Gasteiger partial charge in [0.1, 0.15) is 10.8 Å². The van der Waals surface area contributed by atoms with Crippen molar-refractivity contribution in [1.29, 1.82) is 0 Å². The van der Waals surface area contributed by atoms with Crippen LogP contribution in [0.4, 0.5) is 5.82 Å². The average Bonchev–Trinajstić information content (AvgIpc) is 3.53. The number of para-hydroxylation sites is 1. The molecule has 4 aromatic carbocycles. The van der Waals surface area contributed by atoms with Gasteiger partial charge in [0.05, 0.1) is 40.7 Å². The molecular formula is C36H28N4O4S. The standard InChI is InChI=1S/C36H28N4O4S/c1-39-34(41)30-28(23-17-19-25(20-18-23)35(42)44-2)29(33-37-26-15-9-10-16-27(26)45-33)31(24-13-7-4-8-14-24)38-32(30)40(36(39)43)21-22-11-5-3-6-12-22/h3-20,28,38H,21H2,1-2H3/t28-/m0/s1. The largest absolute Gasteiger partial charge is 0.465 e. The molecule has 0 saturated heterocycles. The SMILES string of the molecule is COC(=O)c1ccc([C@H]2C(c3nc4ccccc4s3)=C(c3ccccc3)Nc3c2c(=O)n(C)c(=O)n3Cc2ccccc2)cc1. The topological polar surface area (TPSA) is 95.2 Å². The summed E-state index contributed by atoms with van der Waals surface area (Å²) in [4.78, 5) is 45.4. The Morgan fingerprint density at radius 3 is 2.24 bits per heavy atom. The summed E-state index contributed by atoms with van der Waals surface area (Å²) in [6.07, 6.45) is 0. The molecule has 7 rings (SSSR count). The number of esters is 1. The number of fused-ring (bicyclic) bond motifs is 2. The van der Waals surface area contributed by atoms with Crippen LogP contribution in [0.25, 0.3) is 21.5 Å². The van der Waals surface area contributed by atoms with Crippen LogP contribution in [-0.2, 0) is 18.3 Å². The number of benzene rings is 4. The molecule has 3 heterocycles. The zero-order chi connectivity index (χ0) is 31.1. The van der Waals surface area contributed by atoms with E-state index in [-0.39, 0.29) is 6.54 Å². The maximum absolute atomic E-state index is 14.2. The molecule has 1 atom stereocenters. The van der Waals surface area contributed by atoms with E-state index in [1.807, 2.05) is 97.1 Å². The van der Waals surface area contributed by atoms with Gasteiger partial charge in [-0.15, -0.1) is 11.3 Å². The van der Waals surface area contributed by atoms with E-state index in [1.54, 1.807) is 28.0 Å². The second-order valence-corrected chi connectivity index (χ2v) is 11.8. The highest BCUT2D eigenvalue weighted by molar-refractivity contribution is 7.19. The molecule has 0 aliphatic carbocycles. The highest BCUT2D eigenvalue weighted by atomic mass is 32.1. The Hall–Kier alpha value is -5.54. The van der Waals surface area contributed by atoms with Crippen molar-refractivity contribution >= 4 is 44.6 Å². The summed E-state index contributed by atoms with van der Waals surface area (Å²) in [6.45, 7) is 0.260. The quantitative estimate of drug-likeness (QED) is 0.228. The molecule has 0 unspecified atom stereocenters. The number of nitrogens with one attached hydrogen (secondary N) is 1. The van der Waals surface area contributed by atoms with Gasteiger partial charge in [-0.05, 0) is 41.0 Å². The van der Waals surface area contributed by atoms with Crippen molar-refractivity contribution in [2.24, 2.45) is 7.05 Å². The van der Waals surface area contributed by atoms with E-state index in [2.05, 4.69) is 5.32 Å². The molecule has 0 spiro atoms. The zero-order valence-electron chi connectivity index (χ0n) is 24.6. The van der Waals surface area contributed by atoms with Crippen molar-refractivity contribution in [3.63, 3.8) is 0 Å². The number of thiazole rings is 1. The average molecular weight is 613 g/mol. The molecule has 1 aliphatic rings. The Morgan fingerprint density at radius 1 is 0.889 bits per heavy atom.